The van der Waals surface area contributed by atoms with Gasteiger partial charge in [0.15, 0.2) is 0 Å². The average Bonchev–Trinajstić information content (AvgIpc) is 3.07. The van der Waals surface area contributed by atoms with Gasteiger partial charge >= 0.3 is 0 Å². The first kappa shape index (κ1) is 17.7. The Bertz CT molecular complexity index is 643. The molecule has 25 heavy (non-hydrogen) atoms. The molecule has 2 aliphatic rings. The van der Waals surface area contributed by atoms with Gasteiger partial charge in [-0.15, -0.1) is 0 Å². The van der Waals surface area contributed by atoms with Crippen LogP contribution in [0, 0.1) is 5.92 Å². The molecule has 136 valence electrons. The Morgan fingerprint density at radius 1 is 1.40 bits per heavy atom. The zero-order valence-corrected chi connectivity index (χ0v) is 14.5. The number of hydrogen-bond donors (Lipinski definition) is 2. The van der Waals surface area contributed by atoms with Gasteiger partial charge in [-0.3, -0.25) is 9.59 Å². The predicted octanol–water partition coefficient (Wildman–Crippen LogP) is 1.51. The topological polar surface area (TPSA) is 93.9 Å². The summed E-state index contributed by atoms with van der Waals surface area (Å²) in [5.41, 5.74) is 7.42. The largest absolute Gasteiger partial charge is 0.495 e. The van der Waals surface area contributed by atoms with Crippen LogP contribution in [0.3, 0.4) is 0 Å². The molecule has 1 aromatic rings. The molecule has 7 nitrogen and oxygen atoms in total. The fourth-order valence-corrected chi connectivity index (χ4v) is 3.40. The third-order valence-electron chi connectivity index (χ3n) is 4.89. The zero-order valence-electron chi connectivity index (χ0n) is 14.5. The number of amides is 2. The zero-order chi connectivity index (χ0) is 17.8. The van der Waals surface area contributed by atoms with E-state index in [-0.39, 0.29) is 17.7 Å². The summed E-state index contributed by atoms with van der Waals surface area (Å²) in [6, 6.07) is 4.73. The van der Waals surface area contributed by atoms with Crippen molar-refractivity contribution in [1.29, 1.82) is 0 Å². The summed E-state index contributed by atoms with van der Waals surface area (Å²) < 4.78 is 10.7. The molecule has 0 aliphatic carbocycles. The Morgan fingerprint density at radius 3 is 2.80 bits per heavy atom. The average molecular weight is 347 g/mol. The SMILES string of the molecule is COc1ccc(NC(=O)C(N)C2CCOCC2)cc1N1CCCC1=O. The van der Waals surface area contributed by atoms with Gasteiger partial charge in [0.05, 0.1) is 18.8 Å². The molecule has 7 heteroatoms. The third kappa shape index (κ3) is 3.93. The number of benzene rings is 1. The second kappa shape index (κ2) is 7.84. The van der Waals surface area contributed by atoms with Gasteiger partial charge in [0.25, 0.3) is 0 Å². The van der Waals surface area contributed by atoms with Crippen molar-refractivity contribution in [1.82, 2.24) is 0 Å². The van der Waals surface area contributed by atoms with Crippen molar-refractivity contribution < 1.29 is 19.1 Å². The highest BCUT2D eigenvalue weighted by Crippen LogP contribution is 2.34. The molecule has 1 unspecified atom stereocenters. The molecule has 2 amide bonds. The molecule has 3 rings (SSSR count). The minimum atomic E-state index is -0.567. The van der Waals surface area contributed by atoms with Crippen molar-refractivity contribution in [3.05, 3.63) is 18.2 Å². The lowest BCUT2D eigenvalue weighted by atomic mass is 9.92. The molecule has 0 spiro atoms. The van der Waals surface area contributed by atoms with Crippen LogP contribution < -0.4 is 20.7 Å². The van der Waals surface area contributed by atoms with E-state index in [2.05, 4.69) is 5.32 Å². The molecule has 2 aliphatic heterocycles. The molecule has 3 N–H and O–H groups in total. The Morgan fingerprint density at radius 2 is 2.16 bits per heavy atom. The quantitative estimate of drug-likeness (QED) is 0.842. The normalized spacial score (nSPS) is 19.8. The number of hydrogen-bond acceptors (Lipinski definition) is 5. The Labute approximate surface area is 147 Å². The van der Waals surface area contributed by atoms with E-state index in [1.54, 1.807) is 30.2 Å². The molecular formula is C18H25N3O4. The van der Waals surface area contributed by atoms with Crippen molar-refractivity contribution in [3.63, 3.8) is 0 Å². The van der Waals surface area contributed by atoms with Crippen molar-refractivity contribution in [2.45, 2.75) is 31.7 Å². The Balaban J connectivity index is 1.73. The molecule has 2 fully saturated rings. The molecule has 2 heterocycles. The van der Waals surface area contributed by atoms with Crippen LogP contribution in [0.1, 0.15) is 25.7 Å². The van der Waals surface area contributed by atoms with E-state index >= 15 is 0 Å². The van der Waals surface area contributed by atoms with Crippen molar-refractivity contribution in [2.75, 3.05) is 37.1 Å². The number of carbonyl (C=O) groups is 2. The van der Waals surface area contributed by atoms with Gasteiger partial charge in [0, 0.05) is 31.9 Å². The maximum atomic E-state index is 12.5. The summed E-state index contributed by atoms with van der Waals surface area (Å²) in [4.78, 5) is 26.2. The summed E-state index contributed by atoms with van der Waals surface area (Å²) in [5, 5.41) is 2.87. The molecule has 0 radical (unpaired) electrons. The fraction of sp³-hybridized carbons (Fsp3) is 0.556. The van der Waals surface area contributed by atoms with Crippen LogP contribution in [-0.2, 0) is 14.3 Å². The monoisotopic (exact) mass is 347 g/mol. The lowest BCUT2D eigenvalue weighted by Crippen LogP contribution is -2.44. The maximum absolute atomic E-state index is 12.5. The van der Waals surface area contributed by atoms with Gasteiger partial charge in [0.2, 0.25) is 11.8 Å². The van der Waals surface area contributed by atoms with E-state index in [1.807, 2.05) is 0 Å². The van der Waals surface area contributed by atoms with E-state index in [9.17, 15) is 9.59 Å². The van der Waals surface area contributed by atoms with Crippen LogP contribution >= 0.6 is 0 Å². The number of rotatable bonds is 5. The number of methoxy groups -OCH3 is 1. The van der Waals surface area contributed by atoms with Gasteiger partial charge in [-0.05, 0) is 43.4 Å². The van der Waals surface area contributed by atoms with Crippen LogP contribution in [0.15, 0.2) is 18.2 Å². The van der Waals surface area contributed by atoms with E-state index in [0.29, 0.717) is 43.3 Å². The highest BCUT2D eigenvalue weighted by atomic mass is 16.5. The smallest absolute Gasteiger partial charge is 0.241 e. The summed E-state index contributed by atoms with van der Waals surface area (Å²) in [6.07, 6.45) is 2.96. The van der Waals surface area contributed by atoms with E-state index < -0.39 is 6.04 Å². The standard InChI is InChI=1S/C18H25N3O4/c1-24-15-5-4-13(11-14(15)21-8-2-3-16(21)22)20-18(23)17(19)12-6-9-25-10-7-12/h4-5,11-12,17H,2-3,6-10,19H2,1H3,(H,20,23). The van der Waals surface area contributed by atoms with Crippen molar-refractivity contribution >= 4 is 23.2 Å². The molecule has 0 aromatic heterocycles. The molecule has 0 bridgehead atoms. The number of nitrogens with two attached hydrogens (primary N) is 1. The molecular weight excluding hydrogens is 322 g/mol. The van der Waals surface area contributed by atoms with Crippen LogP contribution in [0.4, 0.5) is 11.4 Å². The molecule has 2 saturated heterocycles. The second-order valence-corrected chi connectivity index (χ2v) is 6.50. The lowest BCUT2D eigenvalue weighted by molar-refractivity contribution is -0.119. The Kier molecular flexibility index (Phi) is 5.55. The highest BCUT2D eigenvalue weighted by Gasteiger charge is 2.28. The minimum absolute atomic E-state index is 0.0701. The van der Waals surface area contributed by atoms with Crippen LogP contribution in [0.5, 0.6) is 5.75 Å². The maximum Gasteiger partial charge on any atom is 0.241 e. The summed E-state index contributed by atoms with van der Waals surface area (Å²) in [5.74, 6) is 0.602. The first-order chi connectivity index (χ1) is 12.1. The van der Waals surface area contributed by atoms with E-state index in [4.69, 9.17) is 15.2 Å². The summed E-state index contributed by atoms with van der Waals surface area (Å²) in [6.45, 7) is 1.96. The first-order valence-corrected chi connectivity index (χ1v) is 8.72. The molecule has 1 atom stereocenters. The summed E-state index contributed by atoms with van der Waals surface area (Å²) in [7, 11) is 1.57. The summed E-state index contributed by atoms with van der Waals surface area (Å²) >= 11 is 0. The number of anilines is 2. The van der Waals surface area contributed by atoms with Gasteiger partial charge in [-0.1, -0.05) is 0 Å². The number of nitrogens with zero attached hydrogens (tertiary/aromatic N) is 1. The molecule has 0 saturated carbocycles. The van der Waals surface area contributed by atoms with Crippen molar-refractivity contribution in [3.8, 4) is 5.75 Å². The Hall–Kier alpha value is -2.12. The number of nitrogens with one attached hydrogen (secondary N) is 1. The lowest BCUT2D eigenvalue weighted by Gasteiger charge is -2.27. The van der Waals surface area contributed by atoms with Crippen molar-refractivity contribution in [2.24, 2.45) is 11.7 Å². The second-order valence-electron chi connectivity index (χ2n) is 6.50. The van der Waals surface area contributed by atoms with E-state index in [0.717, 1.165) is 19.3 Å². The van der Waals surface area contributed by atoms with Gasteiger partial charge in [-0.25, -0.2) is 0 Å². The number of carbonyl (C=O) groups excluding carboxylic acids is 2. The first-order valence-electron chi connectivity index (χ1n) is 8.72. The fourth-order valence-electron chi connectivity index (χ4n) is 3.40. The van der Waals surface area contributed by atoms with E-state index in [1.165, 1.54) is 0 Å². The third-order valence-corrected chi connectivity index (χ3v) is 4.89. The van der Waals surface area contributed by atoms with Gasteiger partial charge in [-0.2, -0.15) is 0 Å². The van der Waals surface area contributed by atoms with Crippen LogP contribution in [0.2, 0.25) is 0 Å². The minimum Gasteiger partial charge on any atom is -0.495 e. The van der Waals surface area contributed by atoms with Crippen LogP contribution in [-0.4, -0.2) is 44.7 Å². The number of ether oxygens (including phenoxy) is 2. The predicted molar refractivity (Wildman–Crippen MR) is 94.7 cm³/mol. The molecule has 1 aromatic carbocycles. The van der Waals surface area contributed by atoms with Gasteiger partial charge < -0.3 is 25.4 Å². The highest BCUT2D eigenvalue weighted by molar-refractivity contribution is 5.99. The van der Waals surface area contributed by atoms with Crippen LogP contribution in [0.25, 0.3) is 0 Å². The van der Waals surface area contributed by atoms with Gasteiger partial charge in [0.1, 0.15) is 5.75 Å².